The first kappa shape index (κ1) is 12.0. The van der Waals surface area contributed by atoms with E-state index in [1.54, 1.807) is 0 Å². The third kappa shape index (κ3) is 1.72. The van der Waals surface area contributed by atoms with Gasteiger partial charge in [-0.05, 0) is 25.3 Å². The summed E-state index contributed by atoms with van der Waals surface area (Å²) < 4.78 is 27.1. The molecular formula is C11H8ClF2NO2. The first-order valence-electron chi connectivity index (χ1n) is 4.98. The van der Waals surface area contributed by atoms with Gasteiger partial charge in [0.2, 0.25) is 6.08 Å². The van der Waals surface area contributed by atoms with Gasteiger partial charge < -0.3 is 5.11 Å². The minimum Gasteiger partial charge on any atom is -0.504 e. The molecule has 0 atom stereocenters. The van der Waals surface area contributed by atoms with Crippen LogP contribution in [0, 0.1) is 11.6 Å². The lowest BCUT2D eigenvalue weighted by Gasteiger charge is -2.37. The Bertz CT molecular complexity index is 496. The average Bonchev–Trinajstić information content (AvgIpc) is 2.23. The number of rotatable bonds is 2. The van der Waals surface area contributed by atoms with E-state index in [2.05, 4.69) is 4.99 Å². The second-order valence-corrected chi connectivity index (χ2v) is 4.37. The van der Waals surface area contributed by atoms with Crippen molar-refractivity contribution in [1.82, 2.24) is 0 Å². The summed E-state index contributed by atoms with van der Waals surface area (Å²) in [6.07, 6.45) is 2.75. The Morgan fingerprint density at radius 2 is 2.12 bits per heavy atom. The number of phenolic OH excluding ortho intramolecular Hbond substituents is 1. The zero-order chi connectivity index (χ0) is 12.6. The molecule has 0 bridgehead atoms. The minimum atomic E-state index is -1.22. The standard InChI is InChI=1S/C11H8ClF2NO2/c12-6-4-7(13)10(17)8(9(6)14)11(15-5-16)2-1-3-11/h4,17H,1-3H2. The summed E-state index contributed by atoms with van der Waals surface area (Å²) in [5, 5.41) is 9.12. The molecule has 1 aliphatic rings. The Kier molecular flexibility index (Phi) is 2.89. The van der Waals surface area contributed by atoms with Crippen LogP contribution in [0.5, 0.6) is 5.75 Å². The van der Waals surface area contributed by atoms with E-state index in [1.807, 2.05) is 0 Å². The number of hydrogen-bond acceptors (Lipinski definition) is 3. The molecule has 0 heterocycles. The van der Waals surface area contributed by atoms with Gasteiger partial charge in [-0.25, -0.2) is 13.6 Å². The van der Waals surface area contributed by atoms with E-state index in [1.165, 1.54) is 6.08 Å². The van der Waals surface area contributed by atoms with Crippen LogP contribution in [0.4, 0.5) is 8.78 Å². The van der Waals surface area contributed by atoms with Gasteiger partial charge in [0.15, 0.2) is 17.4 Å². The third-order valence-electron chi connectivity index (χ3n) is 3.05. The fraction of sp³-hybridized carbons (Fsp3) is 0.364. The maximum Gasteiger partial charge on any atom is 0.235 e. The van der Waals surface area contributed by atoms with Crippen molar-refractivity contribution in [3.05, 3.63) is 28.3 Å². The van der Waals surface area contributed by atoms with Gasteiger partial charge in [0, 0.05) is 0 Å². The van der Waals surface area contributed by atoms with Crippen molar-refractivity contribution in [1.29, 1.82) is 0 Å². The highest BCUT2D eigenvalue weighted by atomic mass is 35.5. The van der Waals surface area contributed by atoms with Crippen LogP contribution in [-0.4, -0.2) is 11.2 Å². The molecule has 6 heteroatoms. The second kappa shape index (κ2) is 4.09. The number of hydrogen-bond donors (Lipinski definition) is 1. The van der Waals surface area contributed by atoms with Crippen LogP contribution in [0.2, 0.25) is 5.02 Å². The van der Waals surface area contributed by atoms with Gasteiger partial charge in [0.05, 0.1) is 10.6 Å². The number of nitrogens with zero attached hydrogens (tertiary/aromatic N) is 1. The highest BCUT2D eigenvalue weighted by molar-refractivity contribution is 6.30. The van der Waals surface area contributed by atoms with Crippen molar-refractivity contribution in [3.8, 4) is 5.75 Å². The zero-order valence-electron chi connectivity index (χ0n) is 8.64. The Morgan fingerprint density at radius 1 is 1.47 bits per heavy atom. The van der Waals surface area contributed by atoms with Crippen LogP contribution in [-0.2, 0) is 10.3 Å². The van der Waals surface area contributed by atoms with Crippen LogP contribution in [0.3, 0.4) is 0 Å². The van der Waals surface area contributed by atoms with Gasteiger partial charge in [-0.15, -0.1) is 0 Å². The monoisotopic (exact) mass is 259 g/mol. The molecule has 2 rings (SSSR count). The lowest BCUT2D eigenvalue weighted by Crippen LogP contribution is -2.33. The Balaban J connectivity index is 2.69. The Morgan fingerprint density at radius 3 is 2.59 bits per heavy atom. The summed E-state index contributed by atoms with van der Waals surface area (Å²) >= 11 is 5.51. The van der Waals surface area contributed by atoms with Crippen molar-refractivity contribution in [3.63, 3.8) is 0 Å². The molecule has 1 N–H and O–H groups in total. The average molecular weight is 260 g/mol. The summed E-state index contributed by atoms with van der Waals surface area (Å²) in [5.41, 5.74) is -1.57. The fourth-order valence-electron chi connectivity index (χ4n) is 2.03. The maximum atomic E-state index is 13.8. The van der Waals surface area contributed by atoms with Gasteiger partial charge in [0.25, 0.3) is 0 Å². The van der Waals surface area contributed by atoms with Crippen LogP contribution in [0.25, 0.3) is 0 Å². The van der Waals surface area contributed by atoms with Gasteiger partial charge in [-0.3, -0.25) is 0 Å². The summed E-state index contributed by atoms with van der Waals surface area (Å²) in [6, 6.07) is 0.687. The van der Waals surface area contributed by atoms with Gasteiger partial charge in [0.1, 0.15) is 5.54 Å². The van der Waals surface area contributed by atoms with Gasteiger partial charge in [-0.2, -0.15) is 4.99 Å². The zero-order valence-corrected chi connectivity index (χ0v) is 9.39. The van der Waals surface area contributed by atoms with Crippen molar-refractivity contribution in [2.75, 3.05) is 0 Å². The van der Waals surface area contributed by atoms with E-state index in [4.69, 9.17) is 11.6 Å². The predicted octanol–water partition coefficient (Wildman–Crippen LogP) is 3.04. The van der Waals surface area contributed by atoms with E-state index >= 15 is 0 Å². The third-order valence-corrected chi connectivity index (χ3v) is 3.33. The molecule has 0 saturated heterocycles. The molecule has 1 saturated carbocycles. The number of carbonyl (C=O) groups excluding carboxylic acids is 1. The van der Waals surface area contributed by atoms with Crippen molar-refractivity contribution in [2.45, 2.75) is 24.8 Å². The van der Waals surface area contributed by atoms with E-state index in [-0.39, 0.29) is 5.56 Å². The maximum absolute atomic E-state index is 13.8. The second-order valence-electron chi connectivity index (χ2n) is 3.97. The molecule has 0 aromatic heterocycles. The molecule has 0 aliphatic heterocycles. The predicted molar refractivity (Wildman–Crippen MR) is 56.7 cm³/mol. The molecule has 3 nitrogen and oxygen atoms in total. The number of isocyanates is 1. The molecule has 90 valence electrons. The molecular weight excluding hydrogens is 252 g/mol. The molecule has 1 aromatic carbocycles. The first-order chi connectivity index (χ1) is 8.02. The van der Waals surface area contributed by atoms with Gasteiger partial charge >= 0.3 is 0 Å². The quantitative estimate of drug-likeness (QED) is 0.504. The summed E-state index contributed by atoms with van der Waals surface area (Å²) in [6.45, 7) is 0. The smallest absolute Gasteiger partial charge is 0.235 e. The lowest BCUT2D eigenvalue weighted by molar-refractivity contribution is 0.236. The number of aliphatic imine (C=N–C) groups is 1. The van der Waals surface area contributed by atoms with Crippen molar-refractivity contribution < 1.29 is 18.7 Å². The molecule has 0 unspecified atom stereocenters. The molecule has 1 fully saturated rings. The molecule has 1 aliphatic carbocycles. The van der Waals surface area contributed by atoms with E-state index in [0.717, 1.165) is 0 Å². The normalized spacial score (nSPS) is 17.1. The Hall–Kier alpha value is -1.45. The highest BCUT2D eigenvalue weighted by Crippen LogP contribution is 2.50. The van der Waals surface area contributed by atoms with Crippen molar-refractivity contribution in [2.24, 2.45) is 4.99 Å². The summed E-state index contributed by atoms with van der Waals surface area (Å²) in [7, 11) is 0. The number of benzene rings is 1. The van der Waals surface area contributed by atoms with E-state index < -0.39 is 27.9 Å². The lowest BCUT2D eigenvalue weighted by atomic mass is 9.72. The molecule has 1 aromatic rings. The minimum absolute atomic E-state index is 0.350. The van der Waals surface area contributed by atoms with Crippen molar-refractivity contribution >= 4 is 17.7 Å². The molecule has 0 radical (unpaired) electrons. The van der Waals surface area contributed by atoms with Crippen LogP contribution in [0.15, 0.2) is 11.1 Å². The van der Waals surface area contributed by atoms with Crippen LogP contribution < -0.4 is 0 Å². The molecule has 0 spiro atoms. The first-order valence-corrected chi connectivity index (χ1v) is 5.35. The number of halogens is 3. The number of aromatic hydroxyl groups is 1. The van der Waals surface area contributed by atoms with E-state index in [0.29, 0.717) is 25.3 Å². The SMILES string of the molecule is O=C=NC1(c2c(O)c(F)cc(Cl)c2F)CCC1. The Labute approximate surface area is 101 Å². The fourth-order valence-corrected chi connectivity index (χ4v) is 2.22. The van der Waals surface area contributed by atoms with Gasteiger partial charge in [-0.1, -0.05) is 11.6 Å². The molecule has 0 amide bonds. The largest absolute Gasteiger partial charge is 0.504 e. The number of phenols is 1. The summed E-state index contributed by atoms with van der Waals surface area (Å²) in [5.74, 6) is -2.81. The molecule has 17 heavy (non-hydrogen) atoms. The topological polar surface area (TPSA) is 49.7 Å². The highest BCUT2D eigenvalue weighted by Gasteiger charge is 2.44. The van der Waals surface area contributed by atoms with Crippen LogP contribution >= 0.6 is 11.6 Å². The summed E-state index contributed by atoms with van der Waals surface area (Å²) in [4.78, 5) is 13.9. The van der Waals surface area contributed by atoms with Crippen LogP contribution in [0.1, 0.15) is 24.8 Å². The van der Waals surface area contributed by atoms with E-state index in [9.17, 15) is 18.7 Å².